The molecule has 0 saturated heterocycles. The molecule has 36 heavy (non-hydrogen) atoms. The van der Waals surface area contributed by atoms with Crippen molar-refractivity contribution in [1.82, 2.24) is 0 Å². The predicted octanol–water partition coefficient (Wildman–Crippen LogP) is 6.45. The molecule has 3 aliphatic heterocycles. The topological polar surface area (TPSA) is 72.5 Å². The Labute approximate surface area is 224 Å². The molecular weight excluding hydrogens is 596 g/mol. The highest BCUT2D eigenvalue weighted by Crippen LogP contribution is 2.41. The highest BCUT2D eigenvalue weighted by molar-refractivity contribution is 9.10. The number of rotatable bonds is 4. The van der Waals surface area contributed by atoms with E-state index in [1.54, 1.807) is 18.2 Å². The number of carbonyl (C=O) groups is 1. The van der Waals surface area contributed by atoms with Crippen LogP contribution in [0.4, 0.5) is 0 Å². The zero-order valence-corrected chi connectivity index (χ0v) is 22.4. The molecule has 3 aliphatic rings. The van der Waals surface area contributed by atoms with Crippen LogP contribution in [-0.2, 0) is 29.3 Å². The fourth-order valence-corrected chi connectivity index (χ4v) is 5.58. The molecule has 0 atom stereocenters. The van der Waals surface area contributed by atoms with Gasteiger partial charge >= 0.3 is 0 Å². The monoisotopic (exact) mass is 614 g/mol. The Morgan fingerprint density at radius 1 is 0.917 bits per heavy atom. The van der Waals surface area contributed by atoms with Gasteiger partial charge in [-0.15, -0.1) is 0 Å². The molecule has 0 amide bonds. The maximum atomic E-state index is 13.2. The molecule has 3 aromatic rings. The highest BCUT2D eigenvalue weighted by Gasteiger charge is 2.31. The molecule has 0 bridgehead atoms. The van der Waals surface area contributed by atoms with Gasteiger partial charge in [-0.3, -0.25) is 4.79 Å². The van der Waals surface area contributed by atoms with Crippen LogP contribution in [0, 0.1) is 6.92 Å². The Morgan fingerprint density at radius 3 is 2.39 bits per heavy atom. The van der Waals surface area contributed by atoms with E-state index in [0.29, 0.717) is 42.6 Å². The van der Waals surface area contributed by atoms with E-state index in [1.807, 2.05) is 31.2 Å². The van der Waals surface area contributed by atoms with Gasteiger partial charge in [-0.2, -0.15) is 0 Å². The van der Waals surface area contributed by atoms with Gasteiger partial charge in [0.2, 0.25) is 5.78 Å². The van der Waals surface area contributed by atoms with Gasteiger partial charge in [0.1, 0.15) is 29.6 Å². The Morgan fingerprint density at radius 2 is 1.61 bits per heavy atom. The summed E-state index contributed by atoms with van der Waals surface area (Å²) in [5.41, 5.74) is 4.77. The first-order valence-corrected chi connectivity index (χ1v) is 12.8. The number of fused-ring (bicyclic) bond motifs is 3. The number of allylic oxidation sites excluding steroid dienone is 1. The van der Waals surface area contributed by atoms with Gasteiger partial charge in [-0.25, -0.2) is 0 Å². The first-order chi connectivity index (χ1) is 17.5. The minimum absolute atomic E-state index is 0.166. The quantitative estimate of drug-likeness (QED) is 0.312. The van der Waals surface area contributed by atoms with Gasteiger partial charge in [0.25, 0.3) is 0 Å². The first kappa shape index (κ1) is 23.5. The van der Waals surface area contributed by atoms with E-state index < -0.39 is 0 Å². The third-order valence-electron chi connectivity index (χ3n) is 6.16. The van der Waals surface area contributed by atoms with Gasteiger partial charge in [-0.05, 0) is 49.4 Å². The van der Waals surface area contributed by atoms with E-state index in [1.165, 1.54) is 0 Å². The second-order valence-corrected chi connectivity index (χ2v) is 10.4. The van der Waals surface area contributed by atoms with Crippen LogP contribution in [-0.4, -0.2) is 19.4 Å². The van der Waals surface area contributed by atoms with E-state index in [4.69, 9.17) is 28.4 Å². The van der Waals surface area contributed by atoms with Crippen molar-refractivity contribution in [2.24, 2.45) is 0 Å². The summed E-state index contributed by atoms with van der Waals surface area (Å²) in [6.45, 7) is 3.49. The van der Waals surface area contributed by atoms with E-state index in [9.17, 15) is 4.79 Å². The van der Waals surface area contributed by atoms with Gasteiger partial charge in [0.15, 0.2) is 19.3 Å². The van der Waals surface area contributed by atoms with Crippen molar-refractivity contribution in [1.29, 1.82) is 0 Å². The van der Waals surface area contributed by atoms with E-state index in [2.05, 4.69) is 31.9 Å². The lowest BCUT2D eigenvalue weighted by molar-refractivity contribution is -0.0176. The Hall–Kier alpha value is -2.85. The smallest absolute Gasteiger partial charge is 0.231 e. The van der Waals surface area contributed by atoms with Crippen LogP contribution in [0.3, 0.4) is 0 Å². The van der Waals surface area contributed by atoms with Crippen molar-refractivity contribution >= 4 is 43.7 Å². The van der Waals surface area contributed by atoms with E-state index >= 15 is 0 Å². The Balaban J connectivity index is 1.27. The molecule has 7 nitrogen and oxygen atoms in total. The molecule has 6 rings (SSSR count). The van der Waals surface area contributed by atoms with Crippen molar-refractivity contribution in [2.45, 2.75) is 26.7 Å². The summed E-state index contributed by atoms with van der Waals surface area (Å²) in [7, 11) is 0. The summed E-state index contributed by atoms with van der Waals surface area (Å²) in [6.07, 6.45) is 1.71. The second kappa shape index (κ2) is 9.55. The van der Waals surface area contributed by atoms with Crippen LogP contribution < -0.4 is 18.9 Å². The fourth-order valence-electron chi connectivity index (χ4n) is 4.50. The summed E-state index contributed by atoms with van der Waals surface area (Å²) in [5.74, 6) is 2.64. The minimum Gasteiger partial charge on any atom is -0.488 e. The van der Waals surface area contributed by atoms with Crippen LogP contribution in [0.5, 0.6) is 23.0 Å². The number of benzene rings is 3. The zero-order valence-electron chi connectivity index (χ0n) is 19.2. The summed E-state index contributed by atoms with van der Waals surface area (Å²) >= 11 is 7.06. The normalized spacial score (nSPS) is 17.0. The van der Waals surface area contributed by atoms with Crippen molar-refractivity contribution in [3.63, 3.8) is 0 Å². The first-order valence-electron chi connectivity index (χ1n) is 11.2. The van der Waals surface area contributed by atoms with Crippen molar-refractivity contribution in [2.75, 3.05) is 13.6 Å². The number of hydrogen-bond acceptors (Lipinski definition) is 7. The van der Waals surface area contributed by atoms with Crippen LogP contribution in [0.2, 0.25) is 0 Å². The molecule has 0 N–H and O–H groups in total. The third-order valence-corrected chi connectivity index (χ3v) is 7.08. The van der Waals surface area contributed by atoms with Crippen molar-refractivity contribution in [3.05, 3.63) is 84.5 Å². The number of hydrogen-bond donors (Lipinski definition) is 0. The number of halogens is 2. The molecule has 0 fully saturated rings. The molecule has 0 radical (unpaired) electrons. The van der Waals surface area contributed by atoms with Gasteiger partial charge < -0.3 is 28.4 Å². The summed E-state index contributed by atoms with van der Waals surface area (Å²) in [4.78, 5) is 13.2. The Bertz CT molecular complexity index is 1430. The fraction of sp³-hybridized carbons (Fsp3) is 0.222. The molecule has 9 heteroatoms. The summed E-state index contributed by atoms with van der Waals surface area (Å²) < 4.78 is 36.2. The summed E-state index contributed by atoms with van der Waals surface area (Å²) in [6, 6.07) is 11.3. The molecule has 0 aliphatic carbocycles. The maximum Gasteiger partial charge on any atom is 0.231 e. The van der Waals surface area contributed by atoms with Gasteiger partial charge in [0, 0.05) is 36.8 Å². The van der Waals surface area contributed by atoms with Crippen molar-refractivity contribution in [3.8, 4) is 23.0 Å². The van der Waals surface area contributed by atoms with E-state index in [0.717, 1.165) is 42.5 Å². The molecule has 184 valence electrons. The predicted molar refractivity (Wildman–Crippen MR) is 137 cm³/mol. The second-order valence-electron chi connectivity index (χ2n) is 8.55. The maximum absolute atomic E-state index is 13.2. The third kappa shape index (κ3) is 4.30. The average molecular weight is 616 g/mol. The van der Waals surface area contributed by atoms with E-state index in [-0.39, 0.29) is 25.1 Å². The largest absolute Gasteiger partial charge is 0.488 e. The Kier molecular flexibility index (Phi) is 6.25. The van der Waals surface area contributed by atoms with Crippen molar-refractivity contribution < 1.29 is 33.2 Å². The van der Waals surface area contributed by atoms with Gasteiger partial charge in [-0.1, -0.05) is 31.9 Å². The lowest BCUT2D eigenvalue weighted by Crippen LogP contribution is -2.14. The zero-order chi connectivity index (χ0) is 24.8. The molecule has 0 unspecified atom stereocenters. The highest BCUT2D eigenvalue weighted by atomic mass is 79.9. The standard InChI is InChI=1S/C27H20Br2O7/c1-14-22(33-11-18-7-20(29)6-17-10-32-13-35-27(17)18)3-2-21-24(30)23(36-25(14)21)8-15-4-19(28)5-16-9-31-12-34-26(15)16/h2-8H,9-13H2,1H3/b23-8-. The molecule has 0 aromatic heterocycles. The van der Waals surface area contributed by atoms with Crippen LogP contribution in [0.15, 0.2) is 51.1 Å². The van der Waals surface area contributed by atoms with Crippen LogP contribution in [0.25, 0.3) is 6.08 Å². The number of ether oxygens (including phenoxy) is 6. The number of Topliss-reactive ketones (excluding diaryl/α,β-unsaturated/α-hetero) is 1. The molecule has 3 aromatic carbocycles. The van der Waals surface area contributed by atoms with Gasteiger partial charge in [0.05, 0.1) is 18.8 Å². The number of carbonyl (C=O) groups excluding carboxylic acids is 1. The summed E-state index contributed by atoms with van der Waals surface area (Å²) in [5, 5.41) is 0. The number of ketones is 1. The minimum atomic E-state index is -0.185. The van der Waals surface area contributed by atoms with Crippen LogP contribution in [0.1, 0.15) is 38.2 Å². The molecule has 0 saturated carbocycles. The SMILES string of the molecule is Cc1c(OCc2cc(Br)cc3c2OCOC3)ccc2c1O/C(=C\c1cc(Br)cc3c1OCOC3)C2=O. The van der Waals surface area contributed by atoms with Crippen LogP contribution >= 0.6 is 31.9 Å². The molecule has 0 spiro atoms. The molecule has 3 heterocycles. The molecular formula is C27H20Br2O7. The lowest BCUT2D eigenvalue weighted by Gasteiger charge is -2.21. The average Bonchev–Trinajstić information content (AvgIpc) is 3.19. The lowest BCUT2D eigenvalue weighted by atomic mass is 10.0.